The molecule has 0 radical (unpaired) electrons. The van der Waals surface area contributed by atoms with Gasteiger partial charge < -0.3 is 9.47 Å². The van der Waals surface area contributed by atoms with Crippen molar-refractivity contribution in [2.24, 2.45) is 5.92 Å². The number of ketones is 1. The zero-order valence-corrected chi connectivity index (χ0v) is 12.9. The van der Waals surface area contributed by atoms with Crippen molar-refractivity contribution in [3.8, 4) is 5.75 Å². The number of benzene rings is 1. The summed E-state index contributed by atoms with van der Waals surface area (Å²) >= 11 is 0. The van der Waals surface area contributed by atoms with E-state index in [4.69, 9.17) is 9.47 Å². The zero-order chi connectivity index (χ0) is 14.7. The molecule has 1 saturated carbocycles. The largest absolute Gasteiger partial charge is 0.496 e. The first-order valence-corrected chi connectivity index (χ1v) is 7.35. The van der Waals surface area contributed by atoms with Crippen molar-refractivity contribution in [2.45, 2.75) is 46.1 Å². The standard InChI is InChI=1S/C17H24O3/c1-5-20-14-8-13(9-14)10-16(18)15-6-12(3)17(19-4)7-11(15)2/h6-7,13-14H,5,8-10H2,1-4H3. The molecule has 3 heteroatoms. The highest BCUT2D eigenvalue weighted by Crippen LogP contribution is 2.34. The van der Waals surface area contributed by atoms with Gasteiger partial charge in [-0.15, -0.1) is 0 Å². The van der Waals surface area contributed by atoms with Crippen LogP contribution in [0.2, 0.25) is 0 Å². The maximum atomic E-state index is 12.4. The number of methoxy groups -OCH3 is 1. The first-order valence-electron chi connectivity index (χ1n) is 7.35. The van der Waals surface area contributed by atoms with E-state index in [1.807, 2.05) is 32.9 Å². The second kappa shape index (κ2) is 6.40. The van der Waals surface area contributed by atoms with Crippen LogP contribution in [-0.2, 0) is 4.74 Å². The number of carbonyl (C=O) groups excluding carboxylic acids is 1. The topological polar surface area (TPSA) is 35.5 Å². The molecule has 20 heavy (non-hydrogen) atoms. The lowest BCUT2D eigenvalue weighted by Gasteiger charge is -2.34. The molecule has 0 aliphatic heterocycles. The molecular formula is C17H24O3. The van der Waals surface area contributed by atoms with Gasteiger partial charge in [0.2, 0.25) is 0 Å². The van der Waals surface area contributed by atoms with E-state index in [2.05, 4.69) is 0 Å². The summed E-state index contributed by atoms with van der Waals surface area (Å²) in [5, 5.41) is 0. The maximum absolute atomic E-state index is 12.4. The monoisotopic (exact) mass is 276 g/mol. The Morgan fingerprint density at radius 3 is 2.55 bits per heavy atom. The van der Waals surface area contributed by atoms with Crippen LogP contribution in [0.5, 0.6) is 5.75 Å². The molecule has 0 aromatic heterocycles. The Bertz CT molecular complexity index is 487. The van der Waals surface area contributed by atoms with Gasteiger partial charge in [-0.3, -0.25) is 4.79 Å². The lowest BCUT2D eigenvalue weighted by Crippen LogP contribution is -2.32. The van der Waals surface area contributed by atoms with Gasteiger partial charge in [0.15, 0.2) is 5.78 Å². The van der Waals surface area contributed by atoms with Gasteiger partial charge in [-0.2, -0.15) is 0 Å². The van der Waals surface area contributed by atoms with Gasteiger partial charge >= 0.3 is 0 Å². The number of hydrogen-bond acceptors (Lipinski definition) is 3. The minimum atomic E-state index is 0.244. The Kier molecular flexibility index (Phi) is 4.81. The predicted octanol–water partition coefficient (Wildman–Crippen LogP) is 3.70. The molecule has 0 bridgehead atoms. The molecule has 1 aliphatic rings. The van der Waals surface area contributed by atoms with Crippen LogP contribution in [0, 0.1) is 19.8 Å². The number of aryl methyl sites for hydroxylation is 2. The average molecular weight is 276 g/mol. The van der Waals surface area contributed by atoms with Crippen molar-refractivity contribution in [3.05, 3.63) is 28.8 Å². The first-order chi connectivity index (χ1) is 9.55. The highest BCUT2D eigenvalue weighted by Gasteiger charge is 2.31. The van der Waals surface area contributed by atoms with E-state index >= 15 is 0 Å². The highest BCUT2D eigenvalue weighted by atomic mass is 16.5. The molecule has 1 aliphatic carbocycles. The zero-order valence-electron chi connectivity index (χ0n) is 12.9. The van der Waals surface area contributed by atoms with Gasteiger partial charge in [-0.25, -0.2) is 0 Å². The van der Waals surface area contributed by atoms with E-state index in [0.29, 0.717) is 18.4 Å². The third-order valence-electron chi connectivity index (χ3n) is 4.11. The van der Waals surface area contributed by atoms with Crippen LogP contribution < -0.4 is 4.74 Å². The second-order valence-electron chi connectivity index (χ2n) is 5.68. The van der Waals surface area contributed by atoms with Crippen LogP contribution in [0.15, 0.2) is 12.1 Å². The van der Waals surface area contributed by atoms with Crippen LogP contribution in [0.25, 0.3) is 0 Å². The Hall–Kier alpha value is -1.35. The normalized spacial score (nSPS) is 21.4. The van der Waals surface area contributed by atoms with Gasteiger partial charge in [0.25, 0.3) is 0 Å². The Labute approximate surface area is 121 Å². The lowest BCUT2D eigenvalue weighted by molar-refractivity contribution is -0.0246. The molecule has 110 valence electrons. The minimum absolute atomic E-state index is 0.244. The second-order valence-corrected chi connectivity index (χ2v) is 5.68. The molecule has 0 amide bonds. The average Bonchev–Trinajstić information content (AvgIpc) is 2.38. The molecule has 1 fully saturated rings. The van der Waals surface area contributed by atoms with Crippen molar-refractivity contribution in [1.29, 1.82) is 0 Å². The van der Waals surface area contributed by atoms with Gasteiger partial charge in [0, 0.05) is 18.6 Å². The van der Waals surface area contributed by atoms with E-state index in [9.17, 15) is 4.79 Å². The Balaban J connectivity index is 1.98. The van der Waals surface area contributed by atoms with E-state index in [0.717, 1.165) is 41.9 Å². The van der Waals surface area contributed by atoms with Crippen molar-refractivity contribution in [1.82, 2.24) is 0 Å². The van der Waals surface area contributed by atoms with Gasteiger partial charge in [0.1, 0.15) is 5.75 Å². The molecule has 0 saturated heterocycles. The van der Waals surface area contributed by atoms with E-state index in [1.54, 1.807) is 7.11 Å². The molecule has 0 N–H and O–H groups in total. The highest BCUT2D eigenvalue weighted by molar-refractivity contribution is 5.98. The maximum Gasteiger partial charge on any atom is 0.163 e. The quantitative estimate of drug-likeness (QED) is 0.743. The Morgan fingerprint density at radius 2 is 1.95 bits per heavy atom. The summed E-state index contributed by atoms with van der Waals surface area (Å²) in [4.78, 5) is 12.4. The van der Waals surface area contributed by atoms with Crippen LogP contribution in [0.3, 0.4) is 0 Å². The molecule has 0 heterocycles. The number of carbonyl (C=O) groups is 1. The molecule has 0 spiro atoms. The fourth-order valence-electron chi connectivity index (χ4n) is 2.90. The smallest absolute Gasteiger partial charge is 0.163 e. The number of ether oxygens (including phenoxy) is 2. The van der Waals surface area contributed by atoms with Gasteiger partial charge in [-0.05, 0) is 62.8 Å². The van der Waals surface area contributed by atoms with E-state index < -0.39 is 0 Å². The SMILES string of the molecule is CCOC1CC(CC(=O)c2cc(C)c(OC)cc2C)C1. The molecule has 0 unspecified atom stereocenters. The molecule has 1 aromatic rings. The van der Waals surface area contributed by atoms with Crippen molar-refractivity contribution >= 4 is 5.78 Å². The summed E-state index contributed by atoms with van der Waals surface area (Å²) in [6, 6.07) is 3.90. The van der Waals surface area contributed by atoms with E-state index in [-0.39, 0.29) is 5.78 Å². The van der Waals surface area contributed by atoms with Crippen LogP contribution in [-0.4, -0.2) is 25.6 Å². The molecule has 2 rings (SSSR count). The van der Waals surface area contributed by atoms with Crippen LogP contribution in [0.1, 0.15) is 47.7 Å². The number of hydrogen-bond donors (Lipinski definition) is 0. The minimum Gasteiger partial charge on any atom is -0.496 e. The summed E-state index contributed by atoms with van der Waals surface area (Å²) in [7, 11) is 1.66. The predicted molar refractivity (Wildman–Crippen MR) is 79.6 cm³/mol. The number of rotatable bonds is 6. The fraction of sp³-hybridized carbons (Fsp3) is 0.588. The van der Waals surface area contributed by atoms with Gasteiger partial charge in [0.05, 0.1) is 13.2 Å². The van der Waals surface area contributed by atoms with Crippen molar-refractivity contribution in [3.63, 3.8) is 0 Å². The summed E-state index contributed by atoms with van der Waals surface area (Å²) in [6.45, 7) is 6.73. The molecular weight excluding hydrogens is 252 g/mol. The summed E-state index contributed by atoms with van der Waals surface area (Å²) < 4.78 is 10.8. The van der Waals surface area contributed by atoms with Gasteiger partial charge in [-0.1, -0.05) is 0 Å². The third kappa shape index (κ3) is 3.21. The van der Waals surface area contributed by atoms with Crippen molar-refractivity contribution < 1.29 is 14.3 Å². The van der Waals surface area contributed by atoms with Crippen LogP contribution in [0.4, 0.5) is 0 Å². The summed E-state index contributed by atoms with van der Waals surface area (Å²) in [5.41, 5.74) is 2.85. The molecule has 0 atom stereocenters. The first kappa shape index (κ1) is 15.0. The molecule has 1 aromatic carbocycles. The van der Waals surface area contributed by atoms with Crippen molar-refractivity contribution in [2.75, 3.05) is 13.7 Å². The third-order valence-corrected chi connectivity index (χ3v) is 4.11. The Morgan fingerprint density at radius 1 is 1.25 bits per heavy atom. The summed E-state index contributed by atoms with van der Waals surface area (Å²) in [6.07, 6.45) is 3.05. The molecule has 3 nitrogen and oxygen atoms in total. The number of Topliss-reactive ketones (excluding diaryl/α,β-unsaturated/α-hetero) is 1. The van der Waals surface area contributed by atoms with Crippen LogP contribution >= 0.6 is 0 Å². The lowest BCUT2D eigenvalue weighted by atomic mass is 9.78. The summed E-state index contributed by atoms with van der Waals surface area (Å²) in [5.74, 6) is 1.58. The fourth-order valence-corrected chi connectivity index (χ4v) is 2.90. The van der Waals surface area contributed by atoms with E-state index in [1.165, 1.54) is 0 Å².